The molecule has 2 rings (SSSR count). The Labute approximate surface area is 91.0 Å². The molecule has 2 aromatic rings. The average Bonchev–Trinajstić information content (AvgIpc) is 2.78. The number of thiazole rings is 1. The number of nitrogens with two attached hydrogens (primary N) is 1. The highest BCUT2D eigenvalue weighted by molar-refractivity contribution is 7.14. The van der Waals surface area contributed by atoms with Gasteiger partial charge >= 0.3 is 0 Å². The van der Waals surface area contributed by atoms with Gasteiger partial charge in [0.1, 0.15) is 17.0 Å². The number of ether oxygens (including phenoxy) is 1. The first-order valence-electron chi connectivity index (χ1n) is 4.34. The minimum atomic E-state index is 0.500. The van der Waals surface area contributed by atoms with Gasteiger partial charge in [-0.25, -0.2) is 15.0 Å². The van der Waals surface area contributed by atoms with E-state index in [1.54, 1.807) is 19.4 Å². The van der Waals surface area contributed by atoms with Crippen LogP contribution >= 0.6 is 11.3 Å². The van der Waals surface area contributed by atoms with Crippen LogP contribution in [0.2, 0.25) is 0 Å². The van der Waals surface area contributed by atoms with Gasteiger partial charge in [-0.15, -0.1) is 11.3 Å². The fourth-order valence-corrected chi connectivity index (χ4v) is 1.85. The normalized spacial score (nSPS) is 10.3. The molecule has 0 aromatic carbocycles. The molecule has 0 saturated carbocycles. The van der Waals surface area contributed by atoms with E-state index in [1.807, 2.05) is 0 Å². The molecule has 0 unspecified atom stereocenters. The van der Waals surface area contributed by atoms with Gasteiger partial charge in [-0.2, -0.15) is 0 Å². The molecular weight excluding hydrogens is 212 g/mol. The highest BCUT2D eigenvalue weighted by Crippen LogP contribution is 2.24. The number of hydrogen-bond donors (Lipinski definition) is 1. The summed E-state index contributed by atoms with van der Waals surface area (Å²) in [5, 5.41) is 0.830. The SMILES string of the molecule is COc1cc(-c2ncc(CN)s2)ncn1. The van der Waals surface area contributed by atoms with Crippen LogP contribution in [-0.2, 0) is 6.54 Å². The summed E-state index contributed by atoms with van der Waals surface area (Å²) in [6, 6.07) is 1.75. The Morgan fingerprint density at radius 3 is 2.93 bits per heavy atom. The second kappa shape index (κ2) is 4.33. The standard InChI is InChI=1S/C9H10N4OS/c1-14-8-2-7(12-5-13-8)9-11-4-6(3-10)15-9/h2,4-5H,3,10H2,1H3. The topological polar surface area (TPSA) is 73.9 Å². The fraction of sp³-hybridized carbons (Fsp3) is 0.222. The third kappa shape index (κ3) is 2.11. The number of rotatable bonds is 3. The third-order valence-corrected chi connectivity index (χ3v) is 2.87. The minimum Gasteiger partial charge on any atom is -0.481 e. The molecule has 0 bridgehead atoms. The zero-order chi connectivity index (χ0) is 10.7. The van der Waals surface area contributed by atoms with Gasteiger partial charge in [0.15, 0.2) is 0 Å². The predicted molar refractivity (Wildman–Crippen MR) is 57.6 cm³/mol. The van der Waals surface area contributed by atoms with Crippen LogP contribution in [0.4, 0.5) is 0 Å². The summed E-state index contributed by atoms with van der Waals surface area (Å²) < 4.78 is 5.01. The molecule has 0 aliphatic heterocycles. The Hall–Kier alpha value is -1.53. The Morgan fingerprint density at radius 2 is 2.27 bits per heavy atom. The van der Waals surface area contributed by atoms with Crippen molar-refractivity contribution in [2.24, 2.45) is 5.73 Å². The van der Waals surface area contributed by atoms with Crippen molar-refractivity contribution in [2.75, 3.05) is 7.11 Å². The van der Waals surface area contributed by atoms with Gasteiger partial charge in [0, 0.05) is 23.7 Å². The molecule has 0 fully saturated rings. The molecule has 78 valence electrons. The lowest BCUT2D eigenvalue weighted by Crippen LogP contribution is -1.91. The molecule has 2 aromatic heterocycles. The highest BCUT2D eigenvalue weighted by Gasteiger charge is 2.06. The summed E-state index contributed by atoms with van der Waals surface area (Å²) in [6.45, 7) is 0.500. The van der Waals surface area contributed by atoms with E-state index in [1.165, 1.54) is 17.7 Å². The van der Waals surface area contributed by atoms with Crippen LogP contribution in [0, 0.1) is 0 Å². The van der Waals surface area contributed by atoms with Crippen molar-refractivity contribution in [1.29, 1.82) is 0 Å². The van der Waals surface area contributed by atoms with Gasteiger partial charge in [0.25, 0.3) is 0 Å². The van der Waals surface area contributed by atoms with E-state index in [9.17, 15) is 0 Å². The number of nitrogens with zero attached hydrogens (tertiary/aromatic N) is 3. The van der Waals surface area contributed by atoms with Crippen molar-refractivity contribution in [3.05, 3.63) is 23.5 Å². The van der Waals surface area contributed by atoms with Gasteiger partial charge < -0.3 is 10.5 Å². The van der Waals surface area contributed by atoms with Crippen molar-refractivity contribution >= 4 is 11.3 Å². The van der Waals surface area contributed by atoms with Gasteiger partial charge in [0.05, 0.1) is 7.11 Å². The Balaban J connectivity index is 2.35. The zero-order valence-electron chi connectivity index (χ0n) is 8.17. The van der Waals surface area contributed by atoms with Crippen LogP contribution in [0.1, 0.15) is 4.88 Å². The van der Waals surface area contributed by atoms with Gasteiger partial charge in [-0.1, -0.05) is 0 Å². The van der Waals surface area contributed by atoms with Crippen molar-refractivity contribution in [2.45, 2.75) is 6.54 Å². The maximum absolute atomic E-state index is 5.51. The molecule has 0 aliphatic carbocycles. The second-order valence-corrected chi connectivity index (χ2v) is 3.90. The van der Waals surface area contributed by atoms with Crippen LogP contribution in [0.25, 0.3) is 10.7 Å². The fourth-order valence-electron chi connectivity index (χ4n) is 1.09. The summed E-state index contributed by atoms with van der Waals surface area (Å²) in [6.07, 6.45) is 3.21. The van der Waals surface area contributed by atoms with Crippen molar-refractivity contribution < 1.29 is 4.74 Å². The first-order chi connectivity index (χ1) is 7.33. The summed E-state index contributed by atoms with van der Waals surface area (Å²) in [5.41, 5.74) is 6.27. The molecule has 0 atom stereocenters. The van der Waals surface area contributed by atoms with Crippen LogP contribution in [0.5, 0.6) is 5.88 Å². The Bertz CT molecular complexity index is 457. The first kappa shape index (κ1) is 10.0. The van der Waals surface area contributed by atoms with Crippen molar-refractivity contribution in [3.63, 3.8) is 0 Å². The number of methoxy groups -OCH3 is 1. The van der Waals surface area contributed by atoms with E-state index in [-0.39, 0.29) is 0 Å². The quantitative estimate of drug-likeness (QED) is 0.840. The molecule has 2 heterocycles. The summed E-state index contributed by atoms with van der Waals surface area (Å²) in [7, 11) is 1.57. The van der Waals surface area contributed by atoms with Crippen LogP contribution < -0.4 is 10.5 Å². The number of hydrogen-bond acceptors (Lipinski definition) is 6. The summed E-state index contributed by atoms with van der Waals surface area (Å²) in [4.78, 5) is 13.3. The van der Waals surface area contributed by atoms with Crippen molar-refractivity contribution in [3.8, 4) is 16.6 Å². The van der Waals surface area contributed by atoms with Crippen molar-refractivity contribution in [1.82, 2.24) is 15.0 Å². The van der Waals surface area contributed by atoms with E-state index < -0.39 is 0 Å². The summed E-state index contributed by atoms with van der Waals surface area (Å²) >= 11 is 1.52. The van der Waals surface area contributed by atoms with Crippen LogP contribution in [0.3, 0.4) is 0 Å². The molecule has 0 spiro atoms. The monoisotopic (exact) mass is 222 g/mol. The molecule has 2 N–H and O–H groups in total. The van der Waals surface area contributed by atoms with Gasteiger partial charge in [-0.3, -0.25) is 0 Å². The first-order valence-corrected chi connectivity index (χ1v) is 5.16. The molecular formula is C9H10N4OS. The lowest BCUT2D eigenvalue weighted by Gasteiger charge is -1.98. The Kier molecular flexibility index (Phi) is 2.89. The molecule has 0 saturated heterocycles. The smallest absolute Gasteiger partial charge is 0.216 e. The average molecular weight is 222 g/mol. The second-order valence-electron chi connectivity index (χ2n) is 2.78. The largest absolute Gasteiger partial charge is 0.481 e. The molecule has 6 heteroatoms. The maximum Gasteiger partial charge on any atom is 0.216 e. The third-order valence-electron chi connectivity index (χ3n) is 1.82. The van der Waals surface area contributed by atoms with E-state index >= 15 is 0 Å². The van der Waals surface area contributed by atoms with Gasteiger partial charge in [0.2, 0.25) is 5.88 Å². The zero-order valence-corrected chi connectivity index (χ0v) is 8.99. The van der Waals surface area contributed by atoms with E-state index in [2.05, 4.69) is 15.0 Å². The molecule has 15 heavy (non-hydrogen) atoms. The number of aromatic nitrogens is 3. The lowest BCUT2D eigenvalue weighted by atomic mass is 10.4. The molecule has 0 amide bonds. The van der Waals surface area contributed by atoms with E-state index in [0.717, 1.165) is 15.6 Å². The van der Waals surface area contributed by atoms with E-state index in [4.69, 9.17) is 10.5 Å². The van der Waals surface area contributed by atoms with Crippen LogP contribution in [0.15, 0.2) is 18.6 Å². The van der Waals surface area contributed by atoms with E-state index in [0.29, 0.717) is 12.4 Å². The van der Waals surface area contributed by atoms with Gasteiger partial charge in [-0.05, 0) is 0 Å². The maximum atomic E-state index is 5.51. The molecule has 0 aliphatic rings. The lowest BCUT2D eigenvalue weighted by molar-refractivity contribution is 0.397. The van der Waals surface area contributed by atoms with Crippen LogP contribution in [-0.4, -0.2) is 22.1 Å². The highest BCUT2D eigenvalue weighted by atomic mass is 32.1. The molecule has 5 nitrogen and oxygen atoms in total. The minimum absolute atomic E-state index is 0.500. The Morgan fingerprint density at radius 1 is 1.40 bits per heavy atom. The summed E-state index contributed by atoms with van der Waals surface area (Å²) in [5.74, 6) is 0.532. The predicted octanol–water partition coefficient (Wildman–Crippen LogP) is 1.07. The molecule has 0 radical (unpaired) electrons.